The second-order valence-electron chi connectivity index (χ2n) is 10.4. The first kappa shape index (κ1) is 23.2. The number of benzene rings is 4. The van der Waals surface area contributed by atoms with Gasteiger partial charge in [0.2, 0.25) is 0 Å². The molecule has 2 fully saturated rings. The van der Waals surface area contributed by atoms with Gasteiger partial charge in [-0.2, -0.15) is 0 Å². The van der Waals surface area contributed by atoms with Gasteiger partial charge in [0.25, 0.3) is 0 Å². The molecule has 2 heteroatoms. The summed E-state index contributed by atoms with van der Waals surface area (Å²) in [5.41, 5.74) is 5.76. The molecular formula is C34H36N2. The van der Waals surface area contributed by atoms with Crippen LogP contribution >= 0.6 is 0 Å². The lowest BCUT2D eigenvalue weighted by molar-refractivity contribution is -0.0149. The van der Waals surface area contributed by atoms with Crippen LogP contribution < -0.4 is 0 Å². The summed E-state index contributed by atoms with van der Waals surface area (Å²) in [7, 11) is 0. The average molecular weight is 473 g/mol. The maximum atomic E-state index is 2.84. The Morgan fingerprint density at radius 1 is 0.417 bits per heavy atom. The lowest BCUT2D eigenvalue weighted by Crippen LogP contribution is -2.47. The van der Waals surface area contributed by atoms with Crippen LogP contribution in [0.15, 0.2) is 121 Å². The van der Waals surface area contributed by atoms with Crippen molar-refractivity contribution in [2.45, 2.75) is 62.9 Å². The molecule has 4 aromatic rings. The van der Waals surface area contributed by atoms with E-state index >= 15 is 0 Å². The van der Waals surface area contributed by atoms with E-state index in [2.05, 4.69) is 138 Å². The lowest BCUT2D eigenvalue weighted by Gasteiger charge is -2.45. The summed E-state index contributed by atoms with van der Waals surface area (Å²) in [5.74, 6) is 0. The number of likely N-dealkylation sites (tertiary alicyclic amines) is 2. The zero-order valence-corrected chi connectivity index (χ0v) is 21.2. The van der Waals surface area contributed by atoms with Gasteiger partial charge in [-0.3, -0.25) is 9.80 Å². The van der Waals surface area contributed by atoms with Crippen molar-refractivity contribution in [3.05, 3.63) is 144 Å². The third-order valence-corrected chi connectivity index (χ3v) is 8.47. The topological polar surface area (TPSA) is 6.48 Å². The van der Waals surface area contributed by atoms with Gasteiger partial charge in [0, 0.05) is 24.2 Å². The minimum absolute atomic E-state index is 0.292. The molecule has 6 rings (SSSR count). The monoisotopic (exact) mass is 472 g/mol. The first-order valence-corrected chi connectivity index (χ1v) is 13.6. The highest BCUT2D eigenvalue weighted by Gasteiger charge is 2.45. The first-order valence-electron chi connectivity index (χ1n) is 13.6. The van der Waals surface area contributed by atoms with Crippen LogP contribution in [0.3, 0.4) is 0 Å². The summed E-state index contributed by atoms with van der Waals surface area (Å²) < 4.78 is 0. The fourth-order valence-corrected chi connectivity index (χ4v) is 6.91. The van der Waals surface area contributed by atoms with E-state index in [9.17, 15) is 0 Å². The van der Waals surface area contributed by atoms with Crippen molar-refractivity contribution in [1.29, 1.82) is 0 Å². The molecule has 0 aromatic heterocycles. The third kappa shape index (κ3) is 4.40. The number of rotatable bonds is 6. The molecule has 0 saturated carbocycles. The van der Waals surface area contributed by atoms with Gasteiger partial charge in [-0.1, -0.05) is 121 Å². The van der Waals surface area contributed by atoms with Crippen LogP contribution in [0.5, 0.6) is 0 Å². The van der Waals surface area contributed by atoms with Crippen molar-refractivity contribution in [1.82, 2.24) is 9.80 Å². The molecule has 0 spiro atoms. The van der Waals surface area contributed by atoms with E-state index < -0.39 is 0 Å². The fourth-order valence-electron chi connectivity index (χ4n) is 6.91. The maximum Gasteiger partial charge on any atom is 0.0615 e. The molecule has 0 aliphatic carbocycles. The summed E-state index contributed by atoms with van der Waals surface area (Å²) in [5, 5.41) is 0. The number of hydrogen-bond acceptors (Lipinski definition) is 2. The summed E-state index contributed by atoms with van der Waals surface area (Å²) in [4.78, 5) is 5.67. The first-order chi connectivity index (χ1) is 17.8. The molecule has 4 unspecified atom stereocenters. The Kier molecular flexibility index (Phi) is 6.72. The maximum absolute atomic E-state index is 2.84. The van der Waals surface area contributed by atoms with E-state index in [4.69, 9.17) is 0 Å². The highest BCUT2D eigenvalue weighted by molar-refractivity contribution is 5.29. The minimum atomic E-state index is 0.292. The van der Waals surface area contributed by atoms with Gasteiger partial charge in [0.05, 0.1) is 6.17 Å². The minimum Gasteiger partial charge on any atom is -0.274 e. The Morgan fingerprint density at radius 3 is 0.861 bits per heavy atom. The van der Waals surface area contributed by atoms with Gasteiger partial charge in [0.1, 0.15) is 0 Å². The summed E-state index contributed by atoms with van der Waals surface area (Å²) in [6.45, 7) is 2.47. The standard InChI is InChI=1S/C34H36N2/c1-26(35-31(27-14-6-2-7-15-27)22-23-32(35)28-16-8-3-9-17-28)36-33(29-18-10-4-11-19-29)24-25-34(36)30-20-12-5-13-21-30/h2-21,26,31-34H,22-25H2,1H3. The molecule has 2 aliphatic heterocycles. The second-order valence-corrected chi connectivity index (χ2v) is 10.4. The van der Waals surface area contributed by atoms with Gasteiger partial charge >= 0.3 is 0 Å². The normalized spacial score (nSPS) is 25.7. The van der Waals surface area contributed by atoms with Gasteiger partial charge < -0.3 is 0 Å². The quantitative estimate of drug-likeness (QED) is 0.278. The predicted molar refractivity (Wildman–Crippen MR) is 148 cm³/mol. The van der Waals surface area contributed by atoms with Crippen molar-refractivity contribution in [2.75, 3.05) is 0 Å². The van der Waals surface area contributed by atoms with Crippen molar-refractivity contribution >= 4 is 0 Å². The van der Waals surface area contributed by atoms with Gasteiger partial charge in [-0.15, -0.1) is 0 Å². The summed E-state index contributed by atoms with van der Waals surface area (Å²) >= 11 is 0. The van der Waals surface area contributed by atoms with Crippen LogP contribution in [-0.2, 0) is 0 Å². The molecule has 0 bridgehead atoms. The van der Waals surface area contributed by atoms with Crippen LogP contribution in [0.1, 0.15) is 79.0 Å². The van der Waals surface area contributed by atoms with Crippen molar-refractivity contribution < 1.29 is 0 Å². The smallest absolute Gasteiger partial charge is 0.0615 e. The molecule has 2 heterocycles. The Bertz CT molecular complexity index is 1030. The molecule has 0 amide bonds. The van der Waals surface area contributed by atoms with Crippen molar-refractivity contribution in [3.8, 4) is 0 Å². The average Bonchev–Trinajstić information content (AvgIpc) is 3.60. The van der Waals surface area contributed by atoms with Crippen molar-refractivity contribution in [2.24, 2.45) is 0 Å². The molecule has 2 nitrogen and oxygen atoms in total. The fraction of sp³-hybridized carbons (Fsp3) is 0.294. The van der Waals surface area contributed by atoms with Crippen molar-refractivity contribution in [3.63, 3.8) is 0 Å². The molecule has 36 heavy (non-hydrogen) atoms. The van der Waals surface area contributed by atoms with Gasteiger partial charge in [-0.05, 0) is 54.9 Å². The summed E-state index contributed by atoms with van der Waals surface area (Å²) in [6, 6.07) is 46.4. The Hall–Kier alpha value is -3.20. The van der Waals surface area contributed by atoms with E-state index in [0.717, 1.165) is 0 Å². The van der Waals surface area contributed by atoms with E-state index in [1.54, 1.807) is 0 Å². The number of nitrogens with zero attached hydrogens (tertiary/aromatic N) is 2. The van der Waals surface area contributed by atoms with E-state index in [0.29, 0.717) is 30.3 Å². The summed E-state index contributed by atoms with van der Waals surface area (Å²) in [6.07, 6.45) is 5.05. The lowest BCUT2D eigenvalue weighted by atomic mass is 10.0. The van der Waals surface area contributed by atoms with Gasteiger partial charge in [0.15, 0.2) is 0 Å². The molecule has 0 N–H and O–H groups in total. The van der Waals surface area contributed by atoms with E-state index in [1.807, 2.05) is 0 Å². The molecule has 4 aromatic carbocycles. The third-order valence-electron chi connectivity index (χ3n) is 8.47. The molecule has 4 atom stereocenters. The van der Waals surface area contributed by atoms with E-state index in [1.165, 1.54) is 47.9 Å². The van der Waals surface area contributed by atoms with Crippen LogP contribution in [-0.4, -0.2) is 16.0 Å². The van der Waals surface area contributed by atoms with Crippen LogP contribution in [0.4, 0.5) is 0 Å². The highest BCUT2D eigenvalue weighted by Crippen LogP contribution is 2.51. The molecule has 182 valence electrons. The molecule has 2 aliphatic rings. The zero-order valence-electron chi connectivity index (χ0n) is 21.2. The van der Waals surface area contributed by atoms with E-state index in [-0.39, 0.29) is 0 Å². The predicted octanol–water partition coefficient (Wildman–Crippen LogP) is 8.49. The highest BCUT2D eigenvalue weighted by atomic mass is 15.4. The second kappa shape index (κ2) is 10.4. The van der Waals surface area contributed by atoms with Crippen LogP contribution in [0, 0.1) is 0 Å². The van der Waals surface area contributed by atoms with Crippen LogP contribution in [0.25, 0.3) is 0 Å². The molecular weight excluding hydrogens is 436 g/mol. The van der Waals surface area contributed by atoms with Crippen LogP contribution in [0.2, 0.25) is 0 Å². The van der Waals surface area contributed by atoms with Gasteiger partial charge in [-0.25, -0.2) is 0 Å². The molecule has 2 saturated heterocycles. The Balaban J connectivity index is 1.43. The molecule has 0 radical (unpaired) electrons. The zero-order chi connectivity index (χ0) is 24.3. The Labute approximate surface area is 216 Å². The number of hydrogen-bond donors (Lipinski definition) is 0. The SMILES string of the molecule is CC(N1C(c2ccccc2)CCC1c1ccccc1)N1C(c2ccccc2)CCC1c1ccccc1. The largest absolute Gasteiger partial charge is 0.274 e. The Morgan fingerprint density at radius 2 is 0.639 bits per heavy atom.